The maximum atomic E-state index is 14.3. The number of halogens is 1. The number of hydrogen-bond donors (Lipinski definition) is 1. The summed E-state index contributed by atoms with van der Waals surface area (Å²) < 4.78 is 1.93. The molecule has 0 spiro atoms. The molecule has 0 radical (unpaired) electrons. The van der Waals surface area contributed by atoms with Crippen LogP contribution < -0.4 is 5.32 Å². The molecule has 3 unspecified atom stereocenters. The van der Waals surface area contributed by atoms with Crippen molar-refractivity contribution in [1.29, 1.82) is 0 Å². The predicted molar refractivity (Wildman–Crippen MR) is 185 cm³/mol. The van der Waals surface area contributed by atoms with E-state index < -0.39 is 18.0 Å². The third-order valence-electron chi connectivity index (χ3n) is 10.0. The molecule has 2 aromatic heterocycles. The molecule has 0 bridgehead atoms. The SMILES string of the molecule is CC(=O)C[C@@H]1N=Cc2c(sc(C(=O)CC3CCCC(CC4=CC(=O)N(C5CCC(=O)NC5=O)C4)C3)c2-c2ccc(Cl)cc2)-n2c(C)nnc21. The fourth-order valence-electron chi connectivity index (χ4n) is 7.78. The Bertz CT molecular complexity index is 1930. The Morgan fingerprint density at radius 3 is 2.57 bits per heavy atom. The number of aryl methyl sites for hydroxylation is 1. The Labute approximate surface area is 292 Å². The van der Waals surface area contributed by atoms with Gasteiger partial charge in [-0.25, -0.2) is 0 Å². The molecule has 4 atom stereocenters. The summed E-state index contributed by atoms with van der Waals surface area (Å²) in [5.74, 6) is 0.939. The molecular weight excluding hydrogens is 664 g/mol. The van der Waals surface area contributed by atoms with Crippen LogP contribution in [0.4, 0.5) is 0 Å². The number of nitrogens with one attached hydrogen (secondary N) is 1. The summed E-state index contributed by atoms with van der Waals surface area (Å²) in [7, 11) is 0. The molecule has 3 aromatic rings. The largest absolute Gasteiger partial charge is 0.323 e. The Hall–Kier alpha value is -4.29. The van der Waals surface area contributed by atoms with E-state index in [1.807, 2.05) is 35.8 Å². The Morgan fingerprint density at radius 1 is 1.04 bits per heavy atom. The van der Waals surface area contributed by atoms with E-state index in [-0.39, 0.29) is 42.1 Å². The molecule has 5 heterocycles. The van der Waals surface area contributed by atoms with Crippen LogP contribution in [0.25, 0.3) is 16.1 Å². The highest BCUT2D eigenvalue weighted by Gasteiger charge is 2.38. The highest BCUT2D eigenvalue weighted by Crippen LogP contribution is 2.44. The number of amides is 3. The van der Waals surface area contributed by atoms with Crippen LogP contribution in [0.15, 0.2) is 40.9 Å². The summed E-state index contributed by atoms with van der Waals surface area (Å²) in [6.07, 6.45) is 9.20. The predicted octanol–water partition coefficient (Wildman–Crippen LogP) is 5.75. The minimum absolute atomic E-state index is 0.00152. The van der Waals surface area contributed by atoms with Crippen molar-refractivity contribution >= 4 is 58.4 Å². The highest BCUT2D eigenvalue weighted by atomic mass is 35.5. The summed E-state index contributed by atoms with van der Waals surface area (Å²) in [5, 5.41) is 12.5. The molecule has 4 aliphatic rings. The zero-order valence-electron chi connectivity index (χ0n) is 27.4. The number of rotatable bonds is 9. The van der Waals surface area contributed by atoms with Gasteiger partial charge in [0, 0.05) is 54.2 Å². The number of Topliss-reactive ketones (excluding diaryl/α,β-unsaturated/α-hetero) is 2. The molecule has 7 rings (SSSR count). The standard InChI is InChI=1S/C36H37ClN6O5S/c1-19(44)12-27-34-41-40-20(2)43(34)36-26(17-38-27)32(24-6-8-25(37)9-7-24)33(49-36)29(45)15-22-5-3-4-21(13-22)14-23-16-31(47)42(18-23)28-10-11-30(46)39-35(28)48/h6-9,16-17,21-22,27-28H,3-5,10-15,18H2,1-2H3,(H,39,46,48)/t21?,22?,27-,28?/m0/s1. The topological polar surface area (TPSA) is 144 Å². The minimum atomic E-state index is -0.616. The highest BCUT2D eigenvalue weighted by molar-refractivity contribution is 7.17. The molecule has 254 valence electrons. The Morgan fingerprint density at radius 2 is 1.82 bits per heavy atom. The van der Waals surface area contributed by atoms with Crippen LogP contribution in [-0.2, 0) is 19.2 Å². The van der Waals surface area contributed by atoms with Gasteiger partial charge in [-0.05, 0) is 74.6 Å². The molecular formula is C36H37ClN6O5S. The average molecular weight is 701 g/mol. The Kier molecular flexibility index (Phi) is 9.19. The third-order valence-corrected chi connectivity index (χ3v) is 11.5. The van der Waals surface area contributed by atoms with Crippen molar-refractivity contribution in [2.45, 2.75) is 83.7 Å². The number of ketones is 2. The van der Waals surface area contributed by atoms with Gasteiger partial charge in [0.15, 0.2) is 11.6 Å². The zero-order valence-corrected chi connectivity index (χ0v) is 29.0. The number of aromatic nitrogens is 3. The summed E-state index contributed by atoms with van der Waals surface area (Å²) in [6.45, 7) is 3.80. The molecule has 1 aliphatic carbocycles. The number of carbonyl (C=O) groups is 5. The van der Waals surface area contributed by atoms with E-state index in [0.29, 0.717) is 46.9 Å². The second-order valence-corrected chi connectivity index (χ2v) is 15.1. The number of nitrogens with zero attached hydrogens (tertiary/aromatic N) is 5. The number of benzene rings is 1. The first-order valence-electron chi connectivity index (χ1n) is 16.8. The van der Waals surface area contributed by atoms with Gasteiger partial charge in [-0.3, -0.25) is 38.8 Å². The maximum absolute atomic E-state index is 14.3. The number of hydrogen-bond acceptors (Lipinski definition) is 9. The number of thiophene rings is 1. The molecule has 2 fully saturated rings. The van der Waals surface area contributed by atoms with Crippen molar-refractivity contribution in [2.24, 2.45) is 16.8 Å². The lowest BCUT2D eigenvalue weighted by molar-refractivity contribution is -0.142. The molecule has 1 saturated carbocycles. The van der Waals surface area contributed by atoms with Crippen LogP contribution in [0, 0.1) is 18.8 Å². The third kappa shape index (κ3) is 6.68. The number of aliphatic imine (C=N–C) groups is 1. The van der Waals surface area contributed by atoms with Crippen molar-refractivity contribution in [3.8, 4) is 16.1 Å². The van der Waals surface area contributed by atoms with Gasteiger partial charge in [-0.15, -0.1) is 21.5 Å². The van der Waals surface area contributed by atoms with Gasteiger partial charge in [0.25, 0.3) is 0 Å². The van der Waals surface area contributed by atoms with Crippen LogP contribution in [0.3, 0.4) is 0 Å². The van der Waals surface area contributed by atoms with Crippen LogP contribution in [-0.4, -0.2) is 67.8 Å². The normalized spacial score (nSPS) is 23.5. The number of imide groups is 1. The van der Waals surface area contributed by atoms with Crippen molar-refractivity contribution < 1.29 is 24.0 Å². The first-order valence-corrected chi connectivity index (χ1v) is 18.0. The fraction of sp³-hybridized carbons (Fsp3) is 0.444. The second-order valence-electron chi connectivity index (χ2n) is 13.6. The van der Waals surface area contributed by atoms with Crippen LogP contribution in [0.1, 0.15) is 97.6 Å². The van der Waals surface area contributed by atoms with E-state index in [1.54, 1.807) is 17.2 Å². The summed E-state index contributed by atoms with van der Waals surface area (Å²) in [5.41, 5.74) is 3.45. The number of fused-ring (bicyclic) bond motifs is 3. The van der Waals surface area contributed by atoms with Crippen LogP contribution in [0.5, 0.6) is 0 Å². The molecule has 3 aliphatic heterocycles. The van der Waals surface area contributed by atoms with E-state index in [2.05, 4.69) is 15.5 Å². The molecule has 13 heteroatoms. The van der Waals surface area contributed by atoms with Gasteiger partial charge < -0.3 is 4.90 Å². The van der Waals surface area contributed by atoms with E-state index in [9.17, 15) is 24.0 Å². The minimum Gasteiger partial charge on any atom is -0.323 e. The first kappa shape index (κ1) is 33.2. The first-order chi connectivity index (χ1) is 23.5. The van der Waals surface area contributed by atoms with Crippen molar-refractivity contribution in [3.05, 3.63) is 63.0 Å². The van der Waals surface area contributed by atoms with Crippen LogP contribution >= 0.6 is 22.9 Å². The second kappa shape index (κ2) is 13.5. The summed E-state index contributed by atoms with van der Waals surface area (Å²) in [4.78, 5) is 70.3. The van der Waals surface area contributed by atoms with Gasteiger partial charge in [-0.2, -0.15) is 0 Å². The fourth-order valence-corrected chi connectivity index (χ4v) is 9.20. The van der Waals surface area contributed by atoms with E-state index >= 15 is 0 Å². The van der Waals surface area contributed by atoms with E-state index in [1.165, 1.54) is 18.3 Å². The molecule has 1 saturated heterocycles. The molecule has 11 nitrogen and oxygen atoms in total. The number of piperidine rings is 1. The van der Waals surface area contributed by atoms with Gasteiger partial charge in [0.2, 0.25) is 17.7 Å². The Balaban J connectivity index is 1.11. The van der Waals surface area contributed by atoms with E-state index in [4.69, 9.17) is 16.6 Å². The van der Waals surface area contributed by atoms with E-state index in [0.717, 1.165) is 59.4 Å². The number of carbonyl (C=O) groups excluding carboxylic acids is 5. The molecule has 1 N–H and O–H groups in total. The summed E-state index contributed by atoms with van der Waals surface area (Å²) >= 11 is 7.67. The molecule has 1 aromatic carbocycles. The van der Waals surface area contributed by atoms with Crippen molar-refractivity contribution in [1.82, 2.24) is 25.0 Å². The zero-order chi connectivity index (χ0) is 34.4. The quantitative estimate of drug-likeness (QED) is 0.221. The average Bonchev–Trinajstić information content (AvgIpc) is 3.71. The molecule has 3 amide bonds. The summed E-state index contributed by atoms with van der Waals surface area (Å²) in [6, 6.07) is 6.36. The monoisotopic (exact) mass is 700 g/mol. The lowest BCUT2D eigenvalue weighted by atomic mass is 9.76. The lowest BCUT2D eigenvalue weighted by Crippen LogP contribution is -2.53. The molecule has 49 heavy (non-hydrogen) atoms. The van der Waals surface area contributed by atoms with Crippen molar-refractivity contribution in [2.75, 3.05) is 6.54 Å². The van der Waals surface area contributed by atoms with Gasteiger partial charge in [0.1, 0.15) is 28.7 Å². The smallest absolute Gasteiger partial charge is 0.249 e. The van der Waals surface area contributed by atoms with Gasteiger partial charge in [-0.1, -0.05) is 36.6 Å². The maximum Gasteiger partial charge on any atom is 0.249 e. The van der Waals surface area contributed by atoms with Crippen molar-refractivity contribution in [3.63, 3.8) is 0 Å². The van der Waals surface area contributed by atoms with Gasteiger partial charge in [0.05, 0.1) is 4.88 Å². The van der Waals surface area contributed by atoms with Crippen LogP contribution in [0.2, 0.25) is 5.02 Å². The van der Waals surface area contributed by atoms with Gasteiger partial charge >= 0.3 is 0 Å². The lowest BCUT2D eigenvalue weighted by Gasteiger charge is -2.31.